The third kappa shape index (κ3) is 4.06. The SMILES string of the molecule is CCN(CC(=O)Nc1c(F)cccc1F)Cc1cccc2ccccc12. The van der Waals surface area contributed by atoms with Crippen LogP contribution < -0.4 is 5.32 Å². The smallest absolute Gasteiger partial charge is 0.238 e. The van der Waals surface area contributed by atoms with Gasteiger partial charge in [0.05, 0.1) is 6.54 Å². The first kappa shape index (κ1) is 18.0. The number of anilines is 1. The second kappa shape index (κ2) is 8.06. The van der Waals surface area contributed by atoms with E-state index in [4.69, 9.17) is 0 Å². The van der Waals surface area contributed by atoms with Crippen LogP contribution >= 0.6 is 0 Å². The maximum absolute atomic E-state index is 13.7. The van der Waals surface area contributed by atoms with Crippen LogP contribution in [0.3, 0.4) is 0 Å². The summed E-state index contributed by atoms with van der Waals surface area (Å²) in [6.07, 6.45) is 0. The Morgan fingerprint density at radius 2 is 1.62 bits per heavy atom. The lowest BCUT2D eigenvalue weighted by Crippen LogP contribution is -2.33. The first-order valence-corrected chi connectivity index (χ1v) is 8.51. The Labute approximate surface area is 151 Å². The highest BCUT2D eigenvalue weighted by Gasteiger charge is 2.15. The molecule has 0 aliphatic heterocycles. The molecule has 0 aliphatic rings. The molecule has 0 saturated heterocycles. The molecular formula is C21H20F2N2O. The summed E-state index contributed by atoms with van der Waals surface area (Å²) in [5.41, 5.74) is 0.702. The highest BCUT2D eigenvalue weighted by molar-refractivity contribution is 5.92. The second-order valence-electron chi connectivity index (χ2n) is 6.09. The lowest BCUT2D eigenvalue weighted by atomic mass is 10.0. The molecule has 134 valence electrons. The Balaban J connectivity index is 1.72. The third-order valence-corrected chi connectivity index (χ3v) is 4.32. The molecule has 0 unspecified atom stereocenters. The number of likely N-dealkylation sites (N-methyl/N-ethyl adjacent to an activating group) is 1. The van der Waals surface area contributed by atoms with Crippen LogP contribution in [-0.4, -0.2) is 23.9 Å². The summed E-state index contributed by atoms with van der Waals surface area (Å²) in [5, 5.41) is 4.61. The lowest BCUT2D eigenvalue weighted by molar-refractivity contribution is -0.117. The minimum absolute atomic E-state index is 0.0491. The largest absolute Gasteiger partial charge is 0.320 e. The minimum atomic E-state index is -0.782. The number of rotatable bonds is 6. The number of halogens is 2. The van der Waals surface area contributed by atoms with Gasteiger partial charge in [0.15, 0.2) is 0 Å². The average Bonchev–Trinajstić information content (AvgIpc) is 2.64. The van der Waals surface area contributed by atoms with E-state index < -0.39 is 23.2 Å². The topological polar surface area (TPSA) is 32.3 Å². The number of carbonyl (C=O) groups excluding carboxylic acids is 1. The number of amides is 1. The summed E-state index contributed by atoms with van der Waals surface area (Å²) in [7, 11) is 0. The molecule has 3 aromatic carbocycles. The van der Waals surface area contributed by atoms with E-state index in [1.54, 1.807) is 0 Å². The number of carbonyl (C=O) groups is 1. The van der Waals surface area contributed by atoms with E-state index in [9.17, 15) is 13.6 Å². The summed E-state index contributed by atoms with van der Waals surface area (Å²) in [4.78, 5) is 14.2. The molecule has 5 heteroatoms. The van der Waals surface area contributed by atoms with Crippen molar-refractivity contribution in [3.63, 3.8) is 0 Å². The maximum atomic E-state index is 13.7. The number of benzene rings is 3. The molecule has 0 fully saturated rings. The van der Waals surface area contributed by atoms with E-state index >= 15 is 0 Å². The number of hydrogen-bond donors (Lipinski definition) is 1. The molecule has 26 heavy (non-hydrogen) atoms. The van der Waals surface area contributed by atoms with E-state index in [2.05, 4.69) is 5.32 Å². The fourth-order valence-corrected chi connectivity index (χ4v) is 2.95. The van der Waals surface area contributed by atoms with E-state index in [1.807, 2.05) is 54.3 Å². The van der Waals surface area contributed by atoms with E-state index in [0.717, 1.165) is 28.5 Å². The molecule has 1 amide bonds. The molecule has 0 spiro atoms. The zero-order chi connectivity index (χ0) is 18.5. The standard InChI is InChI=1S/C21H20F2N2O/c1-2-25(13-16-9-5-8-15-7-3-4-10-17(15)16)14-20(26)24-21-18(22)11-6-12-19(21)23/h3-12H,2,13-14H2,1H3,(H,24,26). The van der Waals surface area contributed by atoms with Gasteiger partial charge in [0, 0.05) is 6.54 Å². The third-order valence-electron chi connectivity index (χ3n) is 4.32. The number of hydrogen-bond acceptors (Lipinski definition) is 2. The summed E-state index contributed by atoms with van der Waals surface area (Å²) in [6, 6.07) is 17.6. The van der Waals surface area contributed by atoms with Gasteiger partial charge in [-0.25, -0.2) is 8.78 Å². The van der Waals surface area contributed by atoms with Gasteiger partial charge in [0.2, 0.25) is 5.91 Å². The Bertz CT molecular complexity index is 901. The lowest BCUT2D eigenvalue weighted by Gasteiger charge is -2.21. The predicted molar refractivity (Wildman–Crippen MR) is 99.9 cm³/mol. The van der Waals surface area contributed by atoms with Crippen molar-refractivity contribution in [2.75, 3.05) is 18.4 Å². The average molecular weight is 354 g/mol. The van der Waals surface area contributed by atoms with Gasteiger partial charge in [0.1, 0.15) is 17.3 Å². The number of para-hydroxylation sites is 1. The summed E-state index contributed by atoms with van der Waals surface area (Å²) in [5.74, 6) is -2.01. The van der Waals surface area contributed by atoms with Crippen molar-refractivity contribution >= 4 is 22.4 Å². The molecule has 3 rings (SSSR count). The van der Waals surface area contributed by atoms with Crippen LogP contribution in [0.25, 0.3) is 10.8 Å². The van der Waals surface area contributed by atoms with Crippen molar-refractivity contribution in [1.29, 1.82) is 0 Å². The van der Waals surface area contributed by atoms with Gasteiger partial charge < -0.3 is 5.32 Å². The van der Waals surface area contributed by atoms with Crippen molar-refractivity contribution in [2.24, 2.45) is 0 Å². The van der Waals surface area contributed by atoms with Crippen molar-refractivity contribution in [3.8, 4) is 0 Å². The van der Waals surface area contributed by atoms with Crippen LogP contribution in [-0.2, 0) is 11.3 Å². The fourth-order valence-electron chi connectivity index (χ4n) is 2.95. The minimum Gasteiger partial charge on any atom is -0.320 e. The van der Waals surface area contributed by atoms with Crippen LogP contribution in [0.5, 0.6) is 0 Å². The molecule has 0 saturated carbocycles. The molecule has 0 aliphatic carbocycles. The molecule has 0 atom stereocenters. The summed E-state index contributed by atoms with van der Waals surface area (Å²) >= 11 is 0. The van der Waals surface area contributed by atoms with Gasteiger partial charge in [-0.15, -0.1) is 0 Å². The van der Waals surface area contributed by atoms with Gasteiger partial charge in [-0.1, -0.05) is 55.5 Å². The van der Waals surface area contributed by atoms with Crippen LogP contribution in [0, 0.1) is 11.6 Å². The number of nitrogens with zero attached hydrogens (tertiary/aromatic N) is 1. The fraction of sp³-hybridized carbons (Fsp3) is 0.190. The summed E-state index contributed by atoms with van der Waals surface area (Å²) < 4.78 is 27.4. The Morgan fingerprint density at radius 3 is 2.35 bits per heavy atom. The molecule has 0 aromatic heterocycles. The number of nitrogens with one attached hydrogen (secondary N) is 1. The Morgan fingerprint density at radius 1 is 0.962 bits per heavy atom. The second-order valence-corrected chi connectivity index (χ2v) is 6.09. The molecule has 0 heterocycles. The van der Waals surface area contributed by atoms with Crippen molar-refractivity contribution in [3.05, 3.63) is 77.9 Å². The van der Waals surface area contributed by atoms with Crippen LogP contribution in [0.4, 0.5) is 14.5 Å². The molecule has 0 bridgehead atoms. The zero-order valence-electron chi connectivity index (χ0n) is 14.5. The number of fused-ring (bicyclic) bond motifs is 1. The zero-order valence-corrected chi connectivity index (χ0v) is 14.5. The normalized spacial score (nSPS) is 11.1. The molecule has 3 nitrogen and oxygen atoms in total. The Kier molecular flexibility index (Phi) is 5.58. The molecule has 0 radical (unpaired) electrons. The van der Waals surface area contributed by atoms with Gasteiger partial charge in [-0.2, -0.15) is 0 Å². The first-order valence-electron chi connectivity index (χ1n) is 8.51. The van der Waals surface area contributed by atoms with Gasteiger partial charge >= 0.3 is 0 Å². The highest BCUT2D eigenvalue weighted by atomic mass is 19.1. The van der Waals surface area contributed by atoms with Crippen LogP contribution in [0.15, 0.2) is 60.7 Å². The van der Waals surface area contributed by atoms with Gasteiger partial charge in [-0.05, 0) is 35.0 Å². The van der Waals surface area contributed by atoms with Crippen LogP contribution in [0.1, 0.15) is 12.5 Å². The monoisotopic (exact) mass is 354 g/mol. The van der Waals surface area contributed by atoms with E-state index in [1.165, 1.54) is 6.07 Å². The van der Waals surface area contributed by atoms with Crippen molar-refractivity contribution < 1.29 is 13.6 Å². The first-order chi connectivity index (χ1) is 12.6. The quantitative estimate of drug-likeness (QED) is 0.703. The van der Waals surface area contributed by atoms with E-state index in [-0.39, 0.29) is 6.54 Å². The molecule has 1 N–H and O–H groups in total. The van der Waals surface area contributed by atoms with E-state index in [0.29, 0.717) is 13.1 Å². The molecular weight excluding hydrogens is 334 g/mol. The predicted octanol–water partition coefficient (Wildman–Crippen LogP) is 4.58. The highest BCUT2D eigenvalue weighted by Crippen LogP contribution is 2.21. The van der Waals surface area contributed by atoms with Gasteiger partial charge in [0.25, 0.3) is 0 Å². The maximum Gasteiger partial charge on any atom is 0.238 e. The van der Waals surface area contributed by atoms with Crippen molar-refractivity contribution in [1.82, 2.24) is 4.90 Å². The Hall–Kier alpha value is -2.79. The molecule has 3 aromatic rings. The van der Waals surface area contributed by atoms with Crippen LogP contribution in [0.2, 0.25) is 0 Å². The summed E-state index contributed by atoms with van der Waals surface area (Å²) in [6.45, 7) is 3.21. The van der Waals surface area contributed by atoms with Crippen molar-refractivity contribution in [2.45, 2.75) is 13.5 Å². The van der Waals surface area contributed by atoms with Gasteiger partial charge in [-0.3, -0.25) is 9.69 Å².